The number of carbonyl (C=O) groups is 3. The first-order valence-electron chi connectivity index (χ1n) is 28.5. The topological polar surface area (TPSA) is 78.9 Å². The Morgan fingerprint density at radius 2 is 0.523 bits per heavy atom. The van der Waals surface area contributed by atoms with Gasteiger partial charge in [-0.25, -0.2) is 0 Å². The summed E-state index contributed by atoms with van der Waals surface area (Å²) < 4.78 is 16.8. The van der Waals surface area contributed by atoms with Gasteiger partial charge in [0.25, 0.3) is 0 Å². The Labute approximate surface area is 404 Å². The van der Waals surface area contributed by atoms with E-state index in [0.29, 0.717) is 19.3 Å². The van der Waals surface area contributed by atoms with Gasteiger partial charge in [0.05, 0.1) is 0 Å². The van der Waals surface area contributed by atoms with Crippen LogP contribution in [0.1, 0.15) is 303 Å². The molecule has 0 saturated carbocycles. The second kappa shape index (κ2) is 54.2. The fourth-order valence-electron chi connectivity index (χ4n) is 8.24. The lowest BCUT2D eigenvalue weighted by molar-refractivity contribution is -0.167. The zero-order valence-corrected chi connectivity index (χ0v) is 43.5. The van der Waals surface area contributed by atoms with Gasteiger partial charge in [0.2, 0.25) is 0 Å². The molecule has 6 nitrogen and oxygen atoms in total. The van der Waals surface area contributed by atoms with Gasteiger partial charge in [-0.05, 0) is 89.9 Å². The maximum Gasteiger partial charge on any atom is 0.306 e. The highest BCUT2D eigenvalue weighted by Gasteiger charge is 2.19. The molecular formula is C59H108O6. The van der Waals surface area contributed by atoms with E-state index in [1.54, 1.807) is 0 Å². The Balaban J connectivity index is 4.32. The van der Waals surface area contributed by atoms with E-state index in [1.807, 2.05) is 0 Å². The number of rotatable bonds is 52. The molecule has 1 atom stereocenters. The number of carbonyl (C=O) groups excluding carboxylic acids is 3. The monoisotopic (exact) mass is 913 g/mol. The van der Waals surface area contributed by atoms with Crippen molar-refractivity contribution < 1.29 is 28.6 Å². The maximum absolute atomic E-state index is 12.8. The Kier molecular flexibility index (Phi) is 52.3. The molecule has 0 aliphatic heterocycles. The average molecular weight is 914 g/mol. The summed E-state index contributed by atoms with van der Waals surface area (Å²) in [6.45, 7) is 6.61. The Hall–Kier alpha value is -2.37. The Bertz CT molecular complexity index is 1090. The second-order valence-corrected chi connectivity index (χ2v) is 19.2. The summed E-state index contributed by atoms with van der Waals surface area (Å²) in [5.74, 6) is -0.882. The quantitative estimate of drug-likeness (QED) is 0.0262. The van der Waals surface area contributed by atoms with Crippen LogP contribution in [0, 0.1) is 0 Å². The zero-order chi connectivity index (χ0) is 47.2. The fourth-order valence-corrected chi connectivity index (χ4v) is 8.24. The lowest BCUT2D eigenvalue weighted by Crippen LogP contribution is -2.30. The van der Waals surface area contributed by atoms with Gasteiger partial charge in [0.1, 0.15) is 13.2 Å². The SMILES string of the molecule is CCCC/C=C\CCCCCCCC(=O)OCC(COC(=O)CCCCCCCCC/C=C\CCCCCCCCCC)OC(=O)CCCCCCCCC/C=C\CCCCCCCC. The van der Waals surface area contributed by atoms with Crippen LogP contribution in [0.4, 0.5) is 0 Å². The molecule has 0 spiro atoms. The number of esters is 3. The second-order valence-electron chi connectivity index (χ2n) is 19.2. The van der Waals surface area contributed by atoms with Crippen LogP contribution in [-0.4, -0.2) is 37.2 Å². The molecule has 0 bridgehead atoms. The van der Waals surface area contributed by atoms with Crippen LogP contribution >= 0.6 is 0 Å². The van der Waals surface area contributed by atoms with Crippen molar-refractivity contribution in [2.75, 3.05) is 13.2 Å². The summed E-state index contributed by atoms with van der Waals surface area (Å²) in [6.07, 6.45) is 64.2. The van der Waals surface area contributed by atoms with E-state index in [0.717, 1.165) is 64.2 Å². The van der Waals surface area contributed by atoms with Crippen molar-refractivity contribution in [3.63, 3.8) is 0 Å². The van der Waals surface area contributed by atoms with E-state index in [2.05, 4.69) is 57.2 Å². The highest BCUT2D eigenvalue weighted by atomic mass is 16.6. The zero-order valence-electron chi connectivity index (χ0n) is 43.5. The number of ether oxygens (including phenoxy) is 3. The molecule has 0 aromatic heterocycles. The summed E-state index contributed by atoms with van der Waals surface area (Å²) >= 11 is 0. The first-order valence-corrected chi connectivity index (χ1v) is 28.5. The third-order valence-electron chi connectivity index (χ3n) is 12.6. The molecule has 65 heavy (non-hydrogen) atoms. The van der Waals surface area contributed by atoms with Gasteiger partial charge in [-0.3, -0.25) is 14.4 Å². The van der Waals surface area contributed by atoms with Crippen molar-refractivity contribution in [2.45, 2.75) is 309 Å². The first-order chi connectivity index (χ1) is 32.0. The normalized spacial score (nSPS) is 12.2. The largest absolute Gasteiger partial charge is 0.462 e. The summed E-state index contributed by atoms with van der Waals surface area (Å²) in [4.78, 5) is 38.1. The molecule has 0 N–H and O–H groups in total. The van der Waals surface area contributed by atoms with E-state index in [9.17, 15) is 14.4 Å². The molecule has 0 aliphatic carbocycles. The first kappa shape index (κ1) is 62.6. The number of allylic oxidation sites excluding steroid dienone is 6. The summed E-state index contributed by atoms with van der Waals surface area (Å²) in [5, 5.41) is 0. The van der Waals surface area contributed by atoms with Gasteiger partial charge >= 0.3 is 17.9 Å². The highest BCUT2D eigenvalue weighted by molar-refractivity contribution is 5.71. The van der Waals surface area contributed by atoms with Crippen molar-refractivity contribution in [1.29, 1.82) is 0 Å². The van der Waals surface area contributed by atoms with Crippen molar-refractivity contribution in [1.82, 2.24) is 0 Å². The summed E-state index contributed by atoms with van der Waals surface area (Å²) in [7, 11) is 0. The van der Waals surface area contributed by atoms with E-state index < -0.39 is 6.10 Å². The Morgan fingerprint density at radius 3 is 0.815 bits per heavy atom. The van der Waals surface area contributed by atoms with Crippen LogP contribution in [0.25, 0.3) is 0 Å². The van der Waals surface area contributed by atoms with Gasteiger partial charge in [-0.15, -0.1) is 0 Å². The predicted octanol–water partition coefficient (Wildman–Crippen LogP) is 18.9. The smallest absolute Gasteiger partial charge is 0.306 e. The molecule has 0 fully saturated rings. The predicted molar refractivity (Wildman–Crippen MR) is 279 cm³/mol. The van der Waals surface area contributed by atoms with Crippen LogP contribution < -0.4 is 0 Å². The van der Waals surface area contributed by atoms with Crippen LogP contribution in [0.3, 0.4) is 0 Å². The van der Waals surface area contributed by atoms with Crippen molar-refractivity contribution in [3.8, 4) is 0 Å². The minimum absolute atomic E-state index is 0.0768. The third kappa shape index (κ3) is 52.5. The molecular weight excluding hydrogens is 805 g/mol. The number of hydrogen-bond donors (Lipinski definition) is 0. The third-order valence-corrected chi connectivity index (χ3v) is 12.6. The van der Waals surface area contributed by atoms with Crippen molar-refractivity contribution in [3.05, 3.63) is 36.5 Å². The average Bonchev–Trinajstić information content (AvgIpc) is 3.30. The fraction of sp³-hybridized carbons (Fsp3) is 0.847. The van der Waals surface area contributed by atoms with Gasteiger partial charge in [0, 0.05) is 19.3 Å². The van der Waals surface area contributed by atoms with Crippen LogP contribution in [0.5, 0.6) is 0 Å². The highest BCUT2D eigenvalue weighted by Crippen LogP contribution is 2.15. The lowest BCUT2D eigenvalue weighted by atomic mass is 10.1. The molecule has 0 rings (SSSR count). The van der Waals surface area contributed by atoms with E-state index in [1.165, 1.54) is 199 Å². The molecule has 1 unspecified atom stereocenters. The van der Waals surface area contributed by atoms with Gasteiger partial charge < -0.3 is 14.2 Å². The minimum atomic E-state index is -0.777. The molecule has 0 amide bonds. The molecule has 380 valence electrons. The minimum Gasteiger partial charge on any atom is -0.462 e. The van der Waals surface area contributed by atoms with Crippen molar-refractivity contribution >= 4 is 17.9 Å². The molecule has 0 radical (unpaired) electrons. The molecule has 6 heteroatoms. The van der Waals surface area contributed by atoms with Gasteiger partial charge in [-0.2, -0.15) is 0 Å². The molecule has 0 aromatic carbocycles. The lowest BCUT2D eigenvalue weighted by Gasteiger charge is -2.18. The van der Waals surface area contributed by atoms with E-state index in [-0.39, 0.29) is 31.1 Å². The molecule has 0 aromatic rings. The number of hydrogen-bond acceptors (Lipinski definition) is 6. The van der Waals surface area contributed by atoms with Gasteiger partial charge in [0.15, 0.2) is 6.10 Å². The van der Waals surface area contributed by atoms with E-state index >= 15 is 0 Å². The summed E-state index contributed by atoms with van der Waals surface area (Å²) in [6, 6.07) is 0. The summed E-state index contributed by atoms with van der Waals surface area (Å²) in [5.41, 5.74) is 0. The standard InChI is InChI=1S/C59H108O6/c1-4-7-10-13-16-19-22-24-26-28-29-31-32-34-37-40-43-46-49-52-58(61)64-55-56(54-63-57(60)51-48-45-42-39-36-21-18-15-12-9-6-3)65-59(62)53-50-47-44-41-38-35-33-30-27-25-23-20-17-14-11-8-5-2/h15,18,25,27-29,56H,4-14,16-17,19-24,26,30-55H2,1-3H3/b18-15-,27-25-,29-28-. The Morgan fingerprint density at radius 1 is 0.292 bits per heavy atom. The van der Waals surface area contributed by atoms with Crippen LogP contribution in [0.2, 0.25) is 0 Å². The molecule has 0 aliphatic rings. The van der Waals surface area contributed by atoms with Crippen LogP contribution in [-0.2, 0) is 28.6 Å². The number of unbranched alkanes of at least 4 members (excludes halogenated alkanes) is 35. The molecule has 0 saturated heterocycles. The van der Waals surface area contributed by atoms with Gasteiger partial charge in [-0.1, -0.05) is 231 Å². The van der Waals surface area contributed by atoms with E-state index in [4.69, 9.17) is 14.2 Å². The molecule has 0 heterocycles. The van der Waals surface area contributed by atoms with Crippen molar-refractivity contribution in [2.24, 2.45) is 0 Å². The van der Waals surface area contributed by atoms with Crippen LogP contribution in [0.15, 0.2) is 36.5 Å². The maximum atomic E-state index is 12.8.